The maximum Gasteiger partial charge on any atom is 0.321 e. The van der Waals surface area contributed by atoms with Gasteiger partial charge in [0.25, 0.3) is 0 Å². The number of halogens is 1. The Morgan fingerprint density at radius 1 is 1.43 bits per heavy atom. The lowest BCUT2D eigenvalue weighted by Crippen LogP contribution is -2.41. The average molecular weight is 414 g/mol. The zero-order chi connectivity index (χ0) is 20.9. The molecule has 1 saturated heterocycles. The van der Waals surface area contributed by atoms with Gasteiger partial charge in [-0.25, -0.2) is 9.18 Å². The van der Waals surface area contributed by atoms with Crippen LogP contribution in [-0.4, -0.2) is 57.7 Å². The van der Waals surface area contributed by atoms with E-state index in [9.17, 15) is 9.18 Å². The Bertz CT molecular complexity index is 1000. The Labute approximate surface area is 172 Å². The molecular formula is C20H23FN6O3. The number of likely N-dealkylation sites (tertiary alicyclic amines) is 1. The first-order valence-electron chi connectivity index (χ1n) is 9.79. The van der Waals surface area contributed by atoms with Gasteiger partial charge in [0.1, 0.15) is 5.82 Å². The van der Waals surface area contributed by atoms with E-state index in [1.54, 1.807) is 41.2 Å². The molecule has 0 aliphatic carbocycles. The van der Waals surface area contributed by atoms with Crippen LogP contribution in [0.25, 0.3) is 11.4 Å². The van der Waals surface area contributed by atoms with Crippen LogP contribution in [0, 0.1) is 5.82 Å². The number of benzene rings is 1. The van der Waals surface area contributed by atoms with E-state index < -0.39 is 0 Å². The standard InChI is InChI=1S/C20H23FN6O3/c1-29-9-8-27-13-17(11-22-27)23-20(28)26-7-3-5-15(12-26)19-24-18(25-30-19)14-4-2-6-16(21)10-14/h2,4,6,10-11,13,15H,3,5,7-9,12H2,1H3,(H,23,28)/t15-/m1/s1. The topological polar surface area (TPSA) is 98.3 Å². The van der Waals surface area contributed by atoms with E-state index >= 15 is 0 Å². The number of rotatable bonds is 6. The van der Waals surface area contributed by atoms with Gasteiger partial charge >= 0.3 is 6.03 Å². The van der Waals surface area contributed by atoms with E-state index in [2.05, 4.69) is 20.6 Å². The van der Waals surface area contributed by atoms with E-state index in [1.165, 1.54) is 12.1 Å². The van der Waals surface area contributed by atoms with Gasteiger partial charge in [0.15, 0.2) is 0 Å². The van der Waals surface area contributed by atoms with E-state index in [0.717, 1.165) is 12.8 Å². The number of anilines is 1. The third kappa shape index (κ3) is 4.65. The fourth-order valence-electron chi connectivity index (χ4n) is 3.45. The fourth-order valence-corrected chi connectivity index (χ4v) is 3.45. The SMILES string of the molecule is COCCn1cc(NC(=O)N2CCC[C@@H](c3nc(-c4cccc(F)c4)no3)C2)cn1. The molecule has 1 fully saturated rings. The summed E-state index contributed by atoms with van der Waals surface area (Å²) in [7, 11) is 1.63. The van der Waals surface area contributed by atoms with Crippen molar-refractivity contribution in [1.82, 2.24) is 24.8 Å². The summed E-state index contributed by atoms with van der Waals surface area (Å²) in [5, 5.41) is 11.0. The number of hydrogen-bond donors (Lipinski definition) is 1. The number of aromatic nitrogens is 4. The molecule has 1 aliphatic rings. The molecule has 10 heteroatoms. The van der Waals surface area contributed by atoms with Gasteiger partial charge in [-0.15, -0.1) is 0 Å². The minimum atomic E-state index is -0.357. The lowest BCUT2D eigenvalue weighted by atomic mass is 9.98. The normalized spacial score (nSPS) is 16.6. The third-order valence-corrected chi connectivity index (χ3v) is 4.99. The van der Waals surface area contributed by atoms with Crippen LogP contribution in [0.5, 0.6) is 0 Å². The highest BCUT2D eigenvalue weighted by atomic mass is 19.1. The van der Waals surface area contributed by atoms with Crippen molar-refractivity contribution in [3.8, 4) is 11.4 Å². The number of urea groups is 1. The van der Waals surface area contributed by atoms with Gasteiger partial charge in [-0.3, -0.25) is 4.68 Å². The highest BCUT2D eigenvalue weighted by Crippen LogP contribution is 2.28. The van der Waals surface area contributed by atoms with Gasteiger partial charge in [-0.2, -0.15) is 10.1 Å². The van der Waals surface area contributed by atoms with E-state index in [0.29, 0.717) is 49.2 Å². The summed E-state index contributed by atoms with van der Waals surface area (Å²) in [6.07, 6.45) is 5.03. The minimum absolute atomic E-state index is 0.0660. The Balaban J connectivity index is 1.38. The summed E-state index contributed by atoms with van der Waals surface area (Å²) < 4.78 is 25.6. The Hall–Kier alpha value is -3.27. The predicted molar refractivity (Wildman–Crippen MR) is 106 cm³/mol. The number of amides is 2. The van der Waals surface area contributed by atoms with Crippen LogP contribution in [0.4, 0.5) is 14.9 Å². The Morgan fingerprint density at radius 3 is 3.17 bits per heavy atom. The van der Waals surface area contributed by atoms with Gasteiger partial charge in [0, 0.05) is 32.0 Å². The first-order chi connectivity index (χ1) is 14.6. The van der Waals surface area contributed by atoms with Gasteiger partial charge < -0.3 is 19.5 Å². The minimum Gasteiger partial charge on any atom is -0.383 e. The highest BCUT2D eigenvalue weighted by Gasteiger charge is 2.29. The lowest BCUT2D eigenvalue weighted by molar-refractivity contribution is 0.183. The zero-order valence-electron chi connectivity index (χ0n) is 16.6. The summed E-state index contributed by atoms with van der Waals surface area (Å²) in [5.74, 6) is 0.377. The monoisotopic (exact) mass is 414 g/mol. The number of piperidine rings is 1. The first-order valence-corrected chi connectivity index (χ1v) is 9.79. The second-order valence-corrected chi connectivity index (χ2v) is 7.17. The van der Waals surface area contributed by atoms with E-state index in [1.807, 2.05) is 0 Å². The smallest absolute Gasteiger partial charge is 0.321 e. The van der Waals surface area contributed by atoms with Crippen molar-refractivity contribution in [1.29, 1.82) is 0 Å². The molecule has 1 aliphatic heterocycles. The molecule has 9 nitrogen and oxygen atoms in total. The molecule has 4 rings (SSSR count). The maximum atomic E-state index is 13.4. The summed E-state index contributed by atoms with van der Waals surface area (Å²) in [6, 6.07) is 5.86. The van der Waals surface area contributed by atoms with Gasteiger partial charge in [-0.1, -0.05) is 17.3 Å². The number of carbonyl (C=O) groups excluding carboxylic acids is 1. The quantitative estimate of drug-likeness (QED) is 0.665. The molecule has 0 unspecified atom stereocenters. The maximum absolute atomic E-state index is 13.4. The second kappa shape index (κ2) is 9.04. The number of carbonyl (C=O) groups is 1. The van der Waals surface area contributed by atoms with Crippen LogP contribution in [0.3, 0.4) is 0 Å². The number of ether oxygens (including phenoxy) is 1. The first kappa shape index (κ1) is 20.0. The largest absolute Gasteiger partial charge is 0.383 e. The molecule has 1 N–H and O–H groups in total. The molecule has 158 valence electrons. The van der Waals surface area contributed by atoms with Crippen LogP contribution >= 0.6 is 0 Å². The highest BCUT2D eigenvalue weighted by molar-refractivity contribution is 5.89. The molecule has 2 amide bonds. The van der Waals surface area contributed by atoms with Crippen LogP contribution < -0.4 is 5.32 Å². The van der Waals surface area contributed by atoms with Crippen molar-refractivity contribution in [2.24, 2.45) is 0 Å². The van der Waals surface area contributed by atoms with Crippen molar-refractivity contribution in [3.05, 3.63) is 48.4 Å². The molecule has 0 radical (unpaired) electrons. The third-order valence-electron chi connectivity index (χ3n) is 4.99. The summed E-state index contributed by atoms with van der Waals surface area (Å²) in [6.45, 7) is 2.27. The zero-order valence-corrected chi connectivity index (χ0v) is 16.6. The molecule has 0 bridgehead atoms. The van der Waals surface area contributed by atoms with Crippen LogP contribution in [-0.2, 0) is 11.3 Å². The van der Waals surface area contributed by atoms with Crippen LogP contribution in [0.1, 0.15) is 24.7 Å². The van der Waals surface area contributed by atoms with Gasteiger partial charge in [-0.05, 0) is 25.0 Å². The van der Waals surface area contributed by atoms with Crippen molar-refractivity contribution < 1.29 is 18.4 Å². The number of hydrogen-bond acceptors (Lipinski definition) is 6. The van der Waals surface area contributed by atoms with Crippen molar-refractivity contribution in [2.75, 3.05) is 32.1 Å². The molecule has 0 saturated carbocycles. The van der Waals surface area contributed by atoms with Gasteiger partial charge in [0.05, 0.1) is 31.0 Å². The lowest BCUT2D eigenvalue weighted by Gasteiger charge is -2.30. The Kier molecular flexibility index (Phi) is 6.03. The summed E-state index contributed by atoms with van der Waals surface area (Å²) in [5.41, 5.74) is 1.19. The van der Waals surface area contributed by atoms with Crippen LogP contribution in [0.2, 0.25) is 0 Å². The van der Waals surface area contributed by atoms with Crippen molar-refractivity contribution in [2.45, 2.75) is 25.3 Å². The summed E-state index contributed by atoms with van der Waals surface area (Å²) >= 11 is 0. The second-order valence-electron chi connectivity index (χ2n) is 7.17. The van der Waals surface area contributed by atoms with Gasteiger partial charge in [0.2, 0.25) is 11.7 Å². The molecule has 1 atom stereocenters. The summed E-state index contributed by atoms with van der Waals surface area (Å²) in [4.78, 5) is 18.8. The number of nitrogens with zero attached hydrogens (tertiary/aromatic N) is 5. The molecule has 30 heavy (non-hydrogen) atoms. The van der Waals surface area contributed by atoms with Crippen molar-refractivity contribution >= 4 is 11.7 Å². The van der Waals surface area contributed by atoms with E-state index in [4.69, 9.17) is 9.26 Å². The molecule has 1 aromatic carbocycles. The van der Waals surface area contributed by atoms with Crippen LogP contribution in [0.15, 0.2) is 41.2 Å². The molecule has 2 aromatic heterocycles. The van der Waals surface area contributed by atoms with Crippen molar-refractivity contribution in [3.63, 3.8) is 0 Å². The molecule has 0 spiro atoms. The molecular weight excluding hydrogens is 391 g/mol. The molecule has 3 heterocycles. The predicted octanol–water partition coefficient (Wildman–Crippen LogP) is 3.13. The number of nitrogens with one attached hydrogen (secondary N) is 1. The van der Waals surface area contributed by atoms with E-state index in [-0.39, 0.29) is 17.8 Å². The Morgan fingerprint density at radius 2 is 2.33 bits per heavy atom. The number of methoxy groups -OCH3 is 1. The average Bonchev–Trinajstić information content (AvgIpc) is 3.42. The fraction of sp³-hybridized carbons (Fsp3) is 0.400. The molecule has 3 aromatic rings.